The van der Waals surface area contributed by atoms with Crippen molar-refractivity contribution >= 4 is 29.5 Å². The van der Waals surface area contributed by atoms with E-state index >= 15 is 0 Å². The van der Waals surface area contributed by atoms with E-state index in [-0.39, 0.29) is 56.0 Å². The third kappa shape index (κ3) is 17.2. The number of rotatable bonds is 11. The monoisotopic (exact) mass is 584 g/mol. The quantitative estimate of drug-likeness (QED) is 0.351. The fourth-order valence-corrected chi connectivity index (χ4v) is 4.67. The third-order valence-corrected chi connectivity index (χ3v) is 6.41. The molecule has 1 fully saturated rings. The minimum atomic E-state index is -0.972. The number of esters is 2. The zero-order valence-electron chi connectivity index (χ0n) is 26.4. The van der Waals surface area contributed by atoms with Crippen molar-refractivity contribution in [3.63, 3.8) is 0 Å². The third-order valence-electron chi connectivity index (χ3n) is 6.41. The van der Waals surface area contributed by atoms with E-state index in [9.17, 15) is 29.1 Å². The molecule has 0 amide bonds. The van der Waals surface area contributed by atoms with Gasteiger partial charge in [-0.15, -0.1) is 0 Å². The van der Waals surface area contributed by atoms with E-state index in [0.717, 1.165) is 0 Å². The summed E-state index contributed by atoms with van der Waals surface area (Å²) >= 11 is 0. The van der Waals surface area contributed by atoms with Gasteiger partial charge in [-0.05, 0) is 61.8 Å². The molecule has 0 aromatic rings. The predicted octanol–water partition coefficient (Wildman–Crippen LogP) is 1.30. The van der Waals surface area contributed by atoms with Crippen molar-refractivity contribution < 1.29 is 38.6 Å². The lowest BCUT2D eigenvalue weighted by atomic mass is 10.1. The van der Waals surface area contributed by atoms with Crippen LogP contribution in [0.4, 0.5) is 0 Å². The molecule has 1 N–H and O–H groups in total. The molecule has 1 unspecified atom stereocenters. The van der Waals surface area contributed by atoms with E-state index in [1.54, 1.807) is 20.8 Å². The SMILES string of the molecule is CC(=O)CN1CCN(CC(=O)OC(C)(C)C)CCN(CC(=O)OC(C)(C)C)CCN(C(CCC(=O)O)C(C)=O)CC1. The lowest BCUT2D eigenvalue weighted by Gasteiger charge is -2.36. The van der Waals surface area contributed by atoms with Gasteiger partial charge in [0.1, 0.15) is 22.8 Å². The molecule has 1 aliphatic rings. The molecule has 1 saturated heterocycles. The summed E-state index contributed by atoms with van der Waals surface area (Å²) in [6, 6.07) is -0.597. The van der Waals surface area contributed by atoms with Gasteiger partial charge < -0.3 is 14.6 Å². The van der Waals surface area contributed by atoms with Crippen molar-refractivity contribution in [2.45, 2.75) is 85.5 Å². The maximum absolute atomic E-state index is 12.7. The Balaban J connectivity index is 3.25. The minimum absolute atomic E-state index is 0.000123. The topological polar surface area (TPSA) is 137 Å². The molecule has 0 bridgehead atoms. The van der Waals surface area contributed by atoms with Crippen LogP contribution in [0.5, 0.6) is 0 Å². The first-order valence-corrected chi connectivity index (χ1v) is 14.4. The Morgan fingerprint density at radius 2 is 1.02 bits per heavy atom. The van der Waals surface area contributed by atoms with Crippen LogP contribution in [-0.2, 0) is 33.4 Å². The van der Waals surface area contributed by atoms with Crippen LogP contribution in [0.1, 0.15) is 68.2 Å². The molecule has 41 heavy (non-hydrogen) atoms. The standard InChI is InChI=1S/C29H52N4O8/c1-22(34)19-30-11-12-31(20-26(38)40-28(3,4)5)13-14-32(21-27(39)41-29(6,7)8)16-18-33(17-15-30)24(23(2)35)9-10-25(36)37/h24H,9-21H2,1-8H3,(H,36,37). The average molecular weight is 585 g/mol. The van der Waals surface area contributed by atoms with Crippen LogP contribution >= 0.6 is 0 Å². The second-order valence-corrected chi connectivity index (χ2v) is 12.8. The minimum Gasteiger partial charge on any atom is -0.481 e. The molecule has 0 spiro atoms. The lowest BCUT2D eigenvalue weighted by molar-refractivity contribution is -0.158. The molecule has 12 heteroatoms. The molecule has 0 aromatic heterocycles. The summed E-state index contributed by atoms with van der Waals surface area (Å²) in [6.45, 7) is 17.8. The molecular weight excluding hydrogens is 532 g/mol. The number of hydrogen-bond donors (Lipinski definition) is 1. The number of ether oxygens (including phenoxy) is 2. The van der Waals surface area contributed by atoms with E-state index in [4.69, 9.17) is 9.47 Å². The summed E-state index contributed by atoms with van der Waals surface area (Å²) < 4.78 is 11.1. The van der Waals surface area contributed by atoms with E-state index in [1.165, 1.54) is 13.8 Å². The molecule has 0 aromatic carbocycles. The van der Waals surface area contributed by atoms with E-state index in [1.807, 2.05) is 40.4 Å². The summed E-state index contributed by atoms with van der Waals surface area (Å²) in [5.41, 5.74) is -1.26. The van der Waals surface area contributed by atoms with Gasteiger partial charge in [0.25, 0.3) is 0 Å². The summed E-state index contributed by atoms with van der Waals surface area (Å²) in [5, 5.41) is 9.25. The Bertz CT molecular complexity index is 896. The number of carboxylic acids is 1. The Morgan fingerprint density at radius 3 is 1.34 bits per heavy atom. The number of ketones is 2. The summed E-state index contributed by atoms with van der Waals surface area (Å²) in [5.74, 6) is -1.83. The highest BCUT2D eigenvalue weighted by molar-refractivity contribution is 5.82. The van der Waals surface area contributed by atoms with Crippen LogP contribution in [-0.4, -0.2) is 143 Å². The normalized spacial score (nSPS) is 18.5. The fourth-order valence-electron chi connectivity index (χ4n) is 4.67. The van der Waals surface area contributed by atoms with Crippen molar-refractivity contribution in [3.05, 3.63) is 0 Å². The predicted molar refractivity (Wildman–Crippen MR) is 155 cm³/mol. The second-order valence-electron chi connectivity index (χ2n) is 12.8. The smallest absolute Gasteiger partial charge is 0.320 e. The zero-order chi connectivity index (χ0) is 31.4. The van der Waals surface area contributed by atoms with Gasteiger partial charge in [0.15, 0.2) is 0 Å². The Hall–Kier alpha value is -2.41. The van der Waals surface area contributed by atoms with Crippen LogP contribution < -0.4 is 0 Å². The molecule has 0 radical (unpaired) electrons. The highest BCUT2D eigenvalue weighted by Gasteiger charge is 2.28. The zero-order valence-corrected chi connectivity index (χ0v) is 26.4. The number of aliphatic carboxylic acids is 1. The Labute approximate surface area is 245 Å². The maximum atomic E-state index is 12.7. The van der Waals surface area contributed by atoms with Gasteiger partial charge >= 0.3 is 17.9 Å². The molecule has 0 aliphatic carbocycles. The van der Waals surface area contributed by atoms with Crippen molar-refractivity contribution in [3.8, 4) is 0 Å². The largest absolute Gasteiger partial charge is 0.481 e. The molecule has 236 valence electrons. The molecule has 1 atom stereocenters. The first-order valence-electron chi connectivity index (χ1n) is 14.4. The Morgan fingerprint density at radius 1 is 0.659 bits per heavy atom. The summed E-state index contributed by atoms with van der Waals surface area (Å²) in [7, 11) is 0. The van der Waals surface area contributed by atoms with Crippen LogP contribution in [0.15, 0.2) is 0 Å². The molecule has 0 saturated carbocycles. The van der Waals surface area contributed by atoms with Crippen LogP contribution in [0, 0.1) is 0 Å². The van der Waals surface area contributed by atoms with E-state index in [2.05, 4.69) is 0 Å². The number of carbonyl (C=O) groups excluding carboxylic acids is 4. The van der Waals surface area contributed by atoms with E-state index in [0.29, 0.717) is 52.4 Å². The molecule has 1 aliphatic heterocycles. The van der Waals surface area contributed by atoms with Crippen molar-refractivity contribution in [1.29, 1.82) is 0 Å². The average Bonchev–Trinajstić information content (AvgIpc) is 2.77. The fraction of sp³-hybridized carbons (Fsp3) is 0.828. The van der Waals surface area contributed by atoms with Gasteiger partial charge in [-0.3, -0.25) is 43.6 Å². The van der Waals surface area contributed by atoms with Gasteiger partial charge in [0.05, 0.1) is 25.7 Å². The van der Waals surface area contributed by atoms with Crippen LogP contribution in [0.25, 0.3) is 0 Å². The van der Waals surface area contributed by atoms with Crippen molar-refractivity contribution in [2.24, 2.45) is 0 Å². The second kappa shape index (κ2) is 16.9. The van der Waals surface area contributed by atoms with Crippen LogP contribution in [0.2, 0.25) is 0 Å². The van der Waals surface area contributed by atoms with Crippen molar-refractivity contribution in [2.75, 3.05) is 72.0 Å². The van der Waals surface area contributed by atoms with Gasteiger partial charge in [0, 0.05) is 58.8 Å². The van der Waals surface area contributed by atoms with Crippen molar-refractivity contribution in [1.82, 2.24) is 19.6 Å². The number of Topliss-reactive ketones (excluding diaryl/α,β-unsaturated/α-hetero) is 2. The summed E-state index contributed by atoms with van der Waals surface area (Å²) in [6.07, 6.45) is 0.0340. The number of nitrogens with zero attached hydrogens (tertiary/aromatic N) is 4. The molecule has 1 heterocycles. The molecule has 1 rings (SSSR count). The van der Waals surface area contributed by atoms with Crippen LogP contribution in [0.3, 0.4) is 0 Å². The van der Waals surface area contributed by atoms with Gasteiger partial charge in [-0.25, -0.2) is 0 Å². The van der Waals surface area contributed by atoms with Gasteiger partial charge in [-0.1, -0.05) is 0 Å². The number of hydrogen-bond acceptors (Lipinski definition) is 11. The van der Waals surface area contributed by atoms with Gasteiger partial charge in [0.2, 0.25) is 0 Å². The first-order chi connectivity index (χ1) is 18.8. The maximum Gasteiger partial charge on any atom is 0.320 e. The summed E-state index contributed by atoms with van der Waals surface area (Å²) in [4.78, 5) is 69.2. The highest BCUT2D eigenvalue weighted by Crippen LogP contribution is 2.13. The highest BCUT2D eigenvalue weighted by atomic mass is 16.6. The first kappa shape index (κ1) is 36.6. The number of carbonyl (C=O) groups is 5. The Kier molecular flexibility index (Phi) is 15.1. The van der Waals surface area contributed by atoms with Gasteiger partial charge in [-0.2, -0.15) is 0 Å². The number of carboxylic acid groups (broad SMARTS) is 1. The molecular formula is C29H52N4O8. The molecule has 12 nitrogen and oxygen atoms in total. The van der Waals surface area contributed by atoms with E-state index < -0.39 is 23.2 Å². The lowest BCUT2D eigenvalue weighted by Crippen LogP contribution is -2.52.